The Morgan fingerprint density at radius 1 is 1.28 bits per heavy atom. The van der Waals surface area contributed by atoms with Crippen LogP contribution in [0.4, 0.5) is 11.5 Å². The van der Waals surface area contributed by atoms with Crippen LogP contribution in [0.15, 0.2) is 36.5 Å². The van der Waals surface area contributed by atoms with Crippen molar-refractivity contribution in [1.29, 1.82) is 0 Å². The predicted molar refractivity (Wildman–Crippen MR) is 79.6 cm³/mol. The van der Waals surface area contributed by atoms with Crippen LogP contribution in [-0.4, -0.2) is 9.97 Å². The van der Waals surface area contributed by atoms with E-state index >= 15 is 0 Å². The number of hydrogen-bond donors (Lipinski definition) is 2. The van der Waals surface area contributed by atoms with E-state index in [0.717, 1.165) is 16.8 Å². The summed E-state index contributed by atoms with van der Waals surface area (Å²) in [6, 6.07) is 9.23. The highest BCUT2D eigenvalue weighted by atomic mass is 35.5. The molecule has 1 heterocycles. The van der Waals surface area contributed by atoms with E-state index in [-0.39, 0.29) is 0 Å². The molecule has 0 amide bonds. The summed E-state index contributed by atoms with van der Waals surface area (Å²) in [6.07, 6.45) is 1.72. The molecule has 1 aromatic carbocycles. The Labute approximate surface area is 116 Å². The third-order valence-electron chi connectivity index (χ3n) is 2.51. The van der Waals surface area contributed by atoms with Gasteiger partial charge in [-0.05, 0) is 42.8 Å². The number of thiocarbonyl (C=S) groups is 1. The van der Waals surface area contributed by atoms with Gasteiger partial charge in [0, 0.05) is 16.9 Å². The SMILES string of the molecule is Cc1ccnc(Nc2ccc(Cl)cc2)c1C(N)=S. The molecule has 1 aromatic heterocycles. The molecule has 0 aliphatic carbocycles. The fraction of sp³-hybridized carbons (Fsp3) is 0.0769. The topological polar surface area (TPSA) is 50.9 Å². The molecular formula is C13H12ClN3S. The summed E-state index contributed by atoms with van der Waals surface area (Å²) in [7, 11) is 0. The Morgan fingerprint density at radius 3 is 2.56 bits per heavy atom. The summed E-state index contributed by atoms with van der Waals surface area (Å²) in [5.41, 5.74) is 8.37. The van der Waals surface area contributed by atoms with E-state index in [9.17, 15) is 0 Å². The van der Waals surface area contributed by atoms with Gasteiger partial charge in [0.25, 0.3) is 0 Å². The second-order valence-corrected chi connectivity index (χ2v) is 4.72. The third kappa shape index (κ3) is 2.78. The van der Waals surface area contributed by atoms with E-state index in [0.29, 0.717) is 15.8 Å². The molecule has 0 saturated carbocycles. The van der Waals surface area contributed by atoms with Crippen LogP contribution in [0.25, 0.3) is 0 Å². The molecule has 3 N–H and O–H groups in total. The maximum atomic E-state index is 5.84. The minimum atomic E-state index is 0.331. The zero-order valence-electron chi connectivity index (χ0n) is 9.77. The first-order valence-corrected chi connectivity index (χ1v) is 6.14. The van der Waals surface area contributed by atoms with Gasteiger partial charge in [-0.1, -0.05) is 23.8 Å². The standard InChI is InChI=1S/C13H12ClN3S/c1-8-6-7-16-13(11(8)12(15)18)17-10-4-2-9(14)3-5-10/h2-7H,1H3,(H2,15,18)(H,16,17). The van der Waals surface area contributed by atoms with Crippen molar-refractivity contribution in [3.63, 3.8) is 0 Å². The number of aromatic nitrogens is 1. The lowest BCUT2D eigenvalue weighted by atomic mass is 10.1. The average Bonchev–Trinajstić information content (AvgIpc) is 2.32. The molecule has 0 radical (unpaired) electrons. The molecule has 0 unspecified atom stereocenters. The van der Waals surface area contributed by atoms with Crippen LogP contribution < -0.4 is 11.1 Å². The number of anilines is 2. The van der Waals surface area contributed by atoms with Crippen LogP contribution in [0, 0.1) is 6.92 Å². The van der Waals surface area contributed by atoms with Gasteiger partial charge >= 0.3 is 0 Å². The highest BCUT2D eigenvalue weighted by molar-refractivity contribution is 7.80. The number of nitrogens with one attached hydrogen (secondary N) is 1. The number of nitrogens with zero attached hydrogens (tertiary/aromatic N) is 1. The number of aryl methyl sites for hydroxylation is 1. The van der Waals surface area contributed by atoms with Crippen molar-refractivity contribution in [3.05, 3.63) is 52.7 Å². The highest BCUT2D eigenvalue weighted by Crippen LogP contribution is 2.22. The summed E-state index contributed by atoms with van der Waals surface area (Å²) in [5, 5.41) is 3.87. The lowest BCUT2D eigenvalue weighted by Crippen LogP contribution is -2.14. The smallest absolute Gasteiger partial charge is 0.140 e. The van der Waals surface area contributed by atoms with E-state index < -0.39 is 0 Å². The summed E-state index contributed by atoms with van der Waals surface area (Å²) in [4.78, 5) is 4.60. The third-order valence-corrected chi connectivity index (χ3v) is 2.97. The lowest BCUT2D eigenvalue weighted by molar-refractivity contribution is 1.26. The summed E-state index contributed by atoms with van der Waals surface area (Å²) in [5.74, 6) is 0.657. The van der Waals surface area contributed by atoms with Crippen molar-refractivity contribution in [3.8, 4) is 0 Å². The van der Waals surface area contributed by atoms with E-state index in [1.807, 2.05) is 25.1 Å². The molecule has 0 fully saturated rings. The largest absolute Gasteiger partial charge is 0.389 e. The molecule has 0 saturated heterocycles. The van der Waals surface area contributed by atoms with Crippen LogP contribution in [0.5, 0.6) is 0 Å². The van der Waals surface area contributed by atoms with Gasteiger partial charge in [-0.3, -0.25) is 0 Å². The summed E-state index contributed by atoms with van der Waals surface area (Å²) < 4.78 is 0. The molecule has 0 bridgehead atoms. The first-order chi connectivity index (χ1) is 8.58. The van der Waals surface area contributed by atoms with Crippen molar-refractivity contribution in [2.75, 3.05) is 5.32 Å². The fourth-order valence-corrected chi connectivity index (χ4v) is 2.02. The number of rotatable bonds is 3. The number of benzene rings is 1. The van der Waals surface area contributed by atoms with Crippen molar-refractivity contribution >= 4 is 40.3 Å². The van der Waals surface area contributed by atoms with Gasteiger partial charge in [0.05, 0.1) is 5.56 Å². The second-order valence-electron chi connectivity index (χ2n) is 3.85. The minimum Gasteiger partial charge on any atom is -0.389 e. The Hall–Kier alpha value is -1.65. The molecule has 0 aliphatic heterocycles. The molecule has 0 aliphatic rings. The van der Waals surface area contributed by atoms with Crippen molar-refractivity contribution in [1.82, 2.24) is 4.98 Å². The zero-order valence-corrected chi connectivity index (χ0v) is 11.3. The van der Waals surface area contributed by atoms with Gasteiger partial charge < -0.3 is 11.1 Å². The van der Waals surface area contributed by atoms with Gasteiger partial charge in [0.15, 0.2) is 0 Å². The number of hydrogen-bond acceptors (Lipinski definition) is 3. The van der Waals surface area contributed by atoms with E-state index in [1.165, 1.54) is 0 Å². The molecule has 0 spiro atoms. The molecular weight excluding hydrogens is 266 g/mol. The van der Waals surface area contributed by atoms with Crippen LogP contribution in [0.3, 0.4) is 0 Å². The quantitative estimate of drug-likeness (QED) is 0.844. The van der Waals surface area contributed by atoms with Gasteiger partial charge in [-0.25, -0.2) is 4.98 Å². The van der Waals surface area contributed by atoms with Crippen LogP contribution in [-0.2, 0) is 0 Å². The van der Waals surface area contributed by atoms with Gasteiger partial charge in [0.1, 0.15) is 10.8 Å². The monoisotopic (exact) mass is 277 g/mol. The first-order valence-electron chi connectivity index (χ1n) is 5.36. The Balaban J connectivity index is 2.37. The average molecular weight is 278 g/mol. The van der Waals surface area contributed by atoms with Gasteiger partial charge in [-0.2, -0.15) is 0 Å². The maximum absolute atomic E-state index is 5.84. The summed E-state index contributed by atoms with van der Waals surface area (Å²) in [6.45, 7) is 1.95. The molecule has 0 atom stereocenters. The Morgan fingerprint density at radius 2 is 1.94 bits per heavy atom. The number of nitrogens with two attached hydrogens (primary N) is 1. The minimum absolute atomic E-state index is 0.331. The normalized spacial score (nSPS) is 10.1. The highest BCUT2D eigenvalue weighted by Gasteiger charge is 2.09. The predicted octanol–water partition coefficient (Wildman–Crippen LogP) is 3.42. The molecule has 5 heteroatoms. The van der Waals surface area contributed by atoms with Crippen molar-refractivity contribution in [2.45, 2.75) is 6.92 Å². The van der Waals surface area contributed by atoms with Gasteiger partial charge in [-0.15, -0.1) is 0 Å². The molecule has 18 heavy (non-hydrogen) atoms. The van der Waals surface area contributed by atoms with Crippen LogP contribution in [0.2, 0.25) is 5.02 Å². The van der Waals surface area contributed by atoms with Crippen molar-refractivity contribution < 1.29 is 0 Å². The number of halogens is 1. The van der Waals surface area contributed by atoms with Gasteiger partial charge in [0.2, 0.25) is 0 Å². The maximum Gasteiger partial charge on any atom is 0.140 e. The first kappa shape index (κ1) is 12.8. The zero-order chi connectivity index (χ0) is 13.1. The van der Waals surface area contributed by atoms with Crippen molar-refractivity contribution in [2.24, 2.45) is 5.73 Å². The second kappa shape index (κ2) is 5.33. The molecule has 3 nitrogen and oxygen atoms in total. The molecule has 2 rings (SSSR count). The van der Waals surface area contributed by atoms with E-state index in [2.05, 4.69) is 10.3 Å². The fourth-order valence-electron chi connectivity index (χ4n) is 1.63. The van der Waals surface area contributed by atoms with Crippen LogP contribution >= 0.6 is 23.8 Å². The van der Waals surface area contributed by atoms with E-state index in [1.54, 1.807) is 18.3 Å². The lowest BCUT2D eigenvalue weighted by Gasteiger charge is -2.12. The molecule has 92 valence electrons. The van der Waals surface area contributed by atoms with E-state index in [4.69, 9.17) is 29.6 Å². The summed E-state index contributed by atoms with van der Waals surface area (Å²) >= 11 is 10.9. The van der Waals surface area contributed by atoms with Crippen LogP contribution in [0.1, 0.15) is 11.1 Å². The Bertz CT molecular complexity index is 581. The Kier molecular flexibility index (Phi) is 3.79. The number of pyridine rings is 1. The molecule has 2 aromatic rings.